The van der Waals surface area contributed by atoms with Crippen LogP contribution in [0, 0.1) is 6.92 Å². The van der Waals surface area contributed by atoms with Crippen LogP contribution in [-0.4, -0.2) is 74.5 Å². The number of carbonyl (C=O) groups excluding carboxylic acids is 2. The van der Waals surface area contributed by atoms with Crippen LogP contribution in [0.25, 0.3) is 0 Å². The number of aryl methyl sites for hydroxylation is 1. The van der Waals surface area contributed by atoms with Gasteiger partial charge in [-0.25, -0.2) is 4.98 Å². The van der Waals surface area contributed by atoms with Gasteiger partial charge in [-0.2, -0.15) is 0 Å². The maximum atomic E-state index is 12.8. The Bertz CT molecular complexity index is 854. The third kappa shape index (κ3) is 2.92. The van der Waals surface area contributed by atoms with Crippen molar-refractivity contribution >= 4 is 23.3 Å². The minimum absolute atomic E-state index is 0.0339. The Balaban J connectivity index is 1.59. The second-order valence-electron chi connectivity index (χ2n) is 6.97. The van der Waals surface area contributed by atoms with Gasteiger partial charge < -0.3 is 19.5 Å². The van der Waals surface area contributed by atoms with Crippen LogP contribution in [0.1, 0.15) is 39.6 Å². The maximum absolute atomic E-state index is 12.8. The van der Waals surface area contributed by atoms with E-state index in [1.54, 1.807) is 13.3 Å². The molecule has 27 heavy (non-hydrogen) atoms. The summed E-state index contributed by atoms with van der Waals surface area (Å²) in [5.41, 5.74) is 2.19. The predicted molar refractivity (Wildman–Crippen MR) is 97.3 cm³/mol. The standard InChI is InChI=1S/C17H22N6O3S/c1-11-14(27-21-20-11)16(25)22-7-4-17(5-8-22)15-12(18-10-19-15)3-6-23(17)13(24)9-26-2/h10H,3-9H2,1-2H3,(H,18,19). The number of rotatable bonds is 3. The minimum Gasteiger partial charge on any atom is -0.375 e. The highest BCUT2D eigenvalue weighted by Gasteiger charge is 2.49. The molecule has 1 N–H and O–H groups in total. The number of likely N-dealkylation sites (tertiary alicyclic amines) is 1. The zero-order valence-electron chi connectivity index (χ0n) is 15.4. The summed E-state index contributed by atoms with van der Waals surface area (Å²) >= 11 is 1.13. The number of imidazole rings is 1. The number of hydrogen-bond donors (Lipinski definition) is 1. The van der Waals surface area contributed by atoms with Gasteiger partial charge in [-0.3, -0.25) is 9.59 Å². The number of nitrogens with zero attached hydrogens (tertiary/aromatic N) is 5. The van der Waals surface area contributed by atoms with Crippen LogP contribution in [0.3, 0.4) is 0 Å². The molecule has 9 nitrogen and oxygen atoms in total. The van der Waals surface area contributed by atoms with Crippen molar-refractivity contribution in [1.82, 2.24) is 29.4 Å². The van der Waals surface area contributed by atoms with Crippen molar-refractivity contribution in [1.29, 1.82) is 0 Å². The fraction of sp³-hybridized carbons (Fsp3) is 0.588. The highest BCUT2D eigenvalue weighted by molar-refractivity contribution is 7.07. The first-order valence-electron chi connectivity index (χ1n) is 8.97. The lowest BCUT2D eigenvalue weighted by atomic mass is 9.78. The van der Waals surface area contributed by atoms with Crippen molar-refractivity contribution in [2.24, 2.45) is 0 Å². The molecule has 0 aliphatic carbocycles. The van der Waals surface area contributed by atoms with Crippen LogP contribution in [-0.2, 0) is 21.5 Å². The van der Waals surface area contributed by atoms with Crippen molar-refractivity contribution < 1.29 is 14.3 Å². The molecule has 1 fully saturated rings. The molecule has 2 aliphatic heterocycles. The molecule has 144 valence electrons. The smallest absolute Gasteiger partial charge is 0.267 e. The van der Waals surface area contributed by atoms with Crippen LogP contribution in [0.2, 0.25) is 0 Å². The van der Waals surface area contributed by atoms with Crippen LogP contribution < -0.4 is 0 Å². The van der Waals surface area contributed by atoms with Crippen LogP contribution in [0.15, 0.2) is 6.33 Å². The van der Waals surface area contributed by atoms with Gasteiger partial charge in [0.25, 0.3) is 5.91 Å². The van der Waals surface area contributed by atoms with Gasteiger partial charge in [0.2, 0.25) is 5.91 Å². The summed E-state index contributed by atoms with van der Waals surface area (Å²) in [5.74, 6) is -0.0707. The fourth-order valence-electron chi connectivity index (χ4n) is 4.20. The van der Waals surface area contributed by atoms with Gasteiger partial charge >= 0.3 is 0 Å². The number of ether oxygens (including phenoxy) is 1. The van der Waals surface area contributed by atoms with E-state index in [4.69, 9.17) is 4.74 Å². The van der Waals surface area contributed by atoms with Crippen LogP contribution in [0.5, 0.6) is 0 Å². The predicted octanol–water partition coefficient (Wildman–Crippen LogP) is 0.732. The summed E-state index contributed by atoms with van der Waals surface area (Å²) in [6.07, 6.45) is 3.75. The molecular formula is C17H22N6O3S. The number of fused-ring (bicyclic) bond motifs is 2. The summed E-state index contributed by atoms with van der Waals surface area (Å²) in [7, 11) is 1.53. The number of piperidine rings is 1. The first kappa shape index (κ1) is 18.1. The first-order chi connectivity index (χ1) is 13.1. The molecule has 1 saturated heterocycles. The van der Waals surface area contributed by atoms with Crippen molar-refractivity contribution in [3.8, 4) is 0 Å². The number of hydrogen-bond acceptors (Lipinski definition) is 7. The summed E-state index contributed by atoms with van der Waals surface area (Å²) in [5, 5.41) is 3.93. The van der Waals surface area contributed by atoms with Crippen LogP contribution in [0.4, 0.5) is 0 Å². The zero-order chi connectivity index (χ0) is 19.0. The Labute approximate surface area is 160 Å². The van der Waals surface area contributed by atoms with Crippen LogP contribution >= 0.6 is 11.5 Å². The summed E-state index contributed by atoms with van der Waals surface area (Å²) < 4.78 is 8.95. The van der Waals surface area contributed by atoms with Gasteiger partial charge in [-0.05, 0) is 31.3 Å². The topological polar surface area (TPSA) is 104 Å². The maximum Gasteiger partial charge on any atom is 0.267 e. The molecule has 4 heterocycles. The Hall–Kier alpha value is -2.33. The third-order valence-corrected chi connectivity index (χ3v) is 6.37. The van der Waals surface area contributed by atoms with E-state index in [9.17, 15) is 9.59 Å². The summed E-state index contributed by atoms with van der Waals surface area (Å²) in [6.45, 7) is 3.59. The van der Waals surface area contributed by atoms with Crippen molar-refractivity contribution in [3.63, 3.8) is 0 Å². The Morgan fingerprint density at radius 3 is 2.78 bits per heavy atom. The highest BCUT2D eigenvalue weighted by atomic mass is 32.1. The second kappa shape index (κ2) is 7.01. The number of nitrogens with one attached hydrogen (secondary N) is 1. The average molecular weight is 390 g/mol. The van der Waals surface area contributed by atoms with Crippen molar-refractivity contribution in [2.75, 3.05) is 33.4 Å². The van der Waals surface area contributed by atoms with E-state index < -0.39 is 5.54 Å². The number of H-pyrrole nitrogens is 1. The molecule has 0 aromatic carbocycles. The van der Waals surface area contributed by atoms with E-state index in [1.807, 2.05) is 9.80 Å². The van der Waals surface area contributed by atoms with Gasteiger partial charge in [0.05, 0.1) is 23.3 Å². The van der Waals surface area contributed by atoms with Gasteiger partial charge in [-0.15, -0.1) is 5.10 Å². The second-order valence-corrected chi connectivity index (χ2v) is 7.72. The molecule has 2 aromatic rings. The summed E-state index contributed by atoms with van der Waals surface area (Å²) in [4.78, 5) is 37.6. The molecule has 10 heteroatoms. The van der Waals surface area contributed by atoms with E-state index >= 15 is 0 Å². The van der Waals surface area contributed by atoms with E-state index in [0.717, 1.165) is 29.3 Å². The number of aromatic nitrogens is 4. The quantitative estimate of drug-likeness (QED) is 0.829. The number of carbonyl (C=O) groups is 2. The summed E-state index contributed by atoms with van der Waals surface area (Å²) in [6, 6.07) is 0. The highest BCUT2D eigenvalue weighted by Crippen LogP contribution is 2.42. The average Bonchev–Trinajstić information content (AvgIpc) is 3.31. The van der Waals surface area contributed by atoms with E-state index in [1.165, 1.54) is 7.11 Å². The Kier molecular flexibility index (Phi) is 4.68. The molecule has 0 saturated carbocycles. The number of aromatic amines is 1. The normalized spacial score (nSPS) is 18.6. The monoisotopic (exact) mass is 390 g/mol. The largest absolute Gasteiger partial charge is 0.375 e. The Morgan fingerprint density at radius 2 is 2.11 bits per heavy atom. The number of amides is 2. The van der Waals surface area contributed by atoms with E-state index in [-0.39, 0.29) is 18.4 Å². The van der Waals surface area contributed by atoms with E-state index in [2.05, 4.69) is 19.6 Å². The fourth-order valence-corrected chi connectivity index (χ4v) is 4.83. The van der Waals surface area contributed by atoms with Crippen molar-refractivity contribution in [3.05, 3.63) is 28.3 Å². The molecule has 2 amide bonds. The molecule has 2 aliphatic rings. The molecule has 0 atom stereocenters. The van der Waals surface area contributed by atoms with Crippen molar-refractivity contribution in [2.45, 2.75) is 31.7 Å². The van der Waals surface area contributed by atoms with Gasteiger partial charge in [0.1, 0.15) is 11.5 Å². The zero-order valence-corrected chi connectivity index (χ0v) is 16.2. The molecule has 4 rings (SSSR count). The SMILES string of the molecule is COCC(=O)N1CCc2[nH]cnc2C12CCN(C(=O)c1snnc1C)CC2. The molecule has 0 radical (unpaired) electrons. The molecule has 2 aromatic heterocycles. The molecule has 1 spiro atoms. The first-order valence-corrected chi connectivity index (χ1v) is 9.74. The van der Waals surface area contributed by atoms with Gasteiger partial charge in [0.15, 0.2) is 0 Å². The third-order valence-electron chi connectivity index (χ3n) is 5.55. The Morgan fingerprint density at radius 1 is 1.33 bits per heavy atom. The lowest BCUT2D eigenvalue weighted by Crippen LogP contribution is -2.59. The minimum atomic E-state index is -0.485. The molecule has 0 unspecified atom stereocenters. The van der Waals surface area contributed by atoms with Gasteiger partial charge in [0, 0.05) is 38.9 Å². The molecular weight excluding hydrogens is 368 g/mol. The van der Waals surface area contributed by atoms with Gasteiger partial charge in [-0.1, -0.05) is 4.49 Å². The lowest BCUT2D eigenvalue weighted by Gasteiger charge is -2.50. The lowest BCUT2D eigenvalue weighted by molar-refractivity contribution is -0.145. The number of methoxy groups -OCH3 is 1. The van der Waals surface area contributed by atoms with E-state index in [0.29, 0.717) is 43.0 Å². The molecule has 0 bridgehead atoms.